The predicted molar refractivity (Wildman–Crippen MR) is 166 cm³/mol. The van der Waals surface area contributed by atoms with Gasteiger partial charge in [-0.1, -0.05) is 38.1 Å². The molecule has 0 saturated carbocycles. The number of anilines is 1. The summed E-state index contributed by atoms with van der Waals surface area (Å²) in [6.07, 6.45) is 3.45. The number of pyridine rings is 2. The highest BCUT2D eigenvalue weighted by atomic mass is 35.5. The summed E-state index contributed by atoms with van der Waals surface area (Å²) < 4.78 is 23.0. The highest BCUT2D eigenvalue weighted by Gasteiger charge is 2.39. The molecule has 3 aromatic heterocycles. The number of hydrogen-bond donors (Lipinski definition) is 1. The molecule has 0 aliphatic carbocycles. The molecule has 2 atom stereocenters. The van der Waals surface area contributed by atoms with Crippen LogP contribution in [0.15, 0.2) is 47.9 Å². The summed E-state index contributed by atoms with van der Waals surface area (Å²) in [6, 6.07) is 5.24. The Bertz CT molecular complexity index is 1870. The molecule has 1 amide bonds. The van der Waals surface area contributed by atoms with Crippen LogP contribution in [0.2, 0.25) is 5.02 Å². The number of aromatic nitrogens is 4. The minimum atomic E-state index is -0.739. The molecule has 0 bridgehead atoms. The Labute approximate surface area is 258 Å². The molecule has 44 heavy (non-hydrogen) atoms. The molecule has 12 heteroatoms. The van der Waals surface area contributed by atoms with Crippen molar-refractivity contribution in [2.75, 3.05) is 24.6 Å². The molecule has 2 aliphatic rings. The first kappa shape index (κ1) is 29.6. The van der Waals surface area contributed by atoms with Gasteiger partial charge < -0.3 is 19.6 Å². The van der Waals surface area contributed by atoms with Crippen LogP contribution in [0.1, 0.15) is 44.4 Å². The van der Waals surface area contributed by atoms with Crippen LogP contribution in [0.3, 0.4) is 0 Å². The monoisotopic (exact) mass is 618 g/mol. The van der Waals surface area contributed by atoms with Gasteiger partial charge in [-0.3, -0.25) is 9.78 Å². The molecule has 1 saturated heterocycles. The van der Waals surface area contributed by atoms with Gasteiger partial charge in [0.1, 0.15) is 33.5 Å². The van der Waals surface area contributed by atoms with Gasteiger partial charge in [0.15, 0.2) is 11.4 Å². The third-order valence-corrected chi connectivity index (χ3v) is 8.62. The van der Waals surface area contributed by atoms with Gasteiger partial charge in [0.05, 0.1) is 29.6 Å². The third kappa shape index (κ3) is 4.66. The number of aromatic hydroxyl groups is 1. The number of phenolic OH excluding ortho intramolecular Hbond substituents is 1. The van der Waals surface area contributed by atoms with E-state index in [0.29, 0.717) is 42.1 Å². The van der Waals surface area contributed by atoms with Crippen molar-refractivity contribution in [2.45, 2.75) is 52.1 Å². The maximum absolute atomic E-state index is 15.3. The Hall–Kier alpha value is -4.51. The second kappa shape index (κ2) is 11.2. The van der Waals surface area contributed by atoms with Crippen LogP contribution in [0.4, 0.5) is 10.2 Å². The molecule has 2 aliphatic heterocycles. The van der Waals surface area contributed by atoms with E-state index in [4.69, 9.17) is 21.3 Å². The van der Waals surface area contributed by atoms with E-state index < -0.39 is 11.5 Å². The van der Waals surface area contributed by atoms with Crippen molar-refractivity contribution in [1.29, 1.82) is 0 Å². The Morgan fingerprint density at radius 2 is 2.02 bits per heavy atom. The maximum Gasteiger partial charge on any atom is 0.355 e. The molecule has 2 unspecified atom stereocenters. The molecule has 6 rings (SSSR count). The van der Waals surface area contributed by atoms with Gasteiger partial charge in [-0.15, -0.1) is 0 Å². The van der Waals surface area contributed by atoms with Crippen molar-refractivity contribution in [3.8, 4) is 28.4 Å². The summed E-state index contributed by atoms with van der Waals surface area (Å²) in [5.41, 5.74) is 1.13. The number of phenols is 1. The Kier molecular flexibility index (Phi) is 7.53. The zero-order valence-electron chi connectivity index (χ0n) is 24.8. The number of benzene rings is 1. The van der Waals surface area contributed by atoms with Gasteiger partial charge in [-0.05, 0) is 49.6 Å². The summed E-state index contributed by atoms with van der Waals surface area (Å²) in [4.78, 5) is 44.6. The average Bonchev–Trinajstić information content (AvgIpc) is 2.97. The molecule has 4 aromatic rings. The topological polar surface area (TPSA) is 114 Å². The molecule has 0 radical (unpaired) electrons. The molecular weight excluding hydrogens is 587 g/mol. The number of carbonyl (C=O) groups is 1. The van der Waals surface area contributed by atoms with Crippen LogP contribution >= 0.6 is 11.6 Å². The SMILES string of the molecule is C=CC(=O)N1CC(C)N2c3nc(=O)n(-c4c(C)ccnc4C(C)C)c4nc(-c5c(O)cccc5F)c(Cl)c(c34)OCCC2C1. The standard InChI is InChI=1S/C32H32ClFN6O4/c1-6-22(42)38-14-18(5)39-19(15-38)11-13-44-29-24-30(36-27(25(29)33)23-20(34)8-7-9-21(23)41)40(32(43)37-31(24)39)28-17(4)10-12-35-26(28)16(2)3/h6-10,12,16,18-19,41H,1,11,13-15H2,2-5H3. The van der Waals surface area contributed by atoms with Gasteiger partial charge in [0.2, 0.25) is 5.91 Å². The van der Waals surface area contributed by atoms with Crippen LogP contribution in [-0.2, 0) is 4.79 Å². The van der Waals surface area contributed by atoms with E-state index in [1.807, 2.05) is 32.6 Å². The van der Waals surface area contributed by atoms with Crippen LogP contribution in [-0.4, -0.2) is 67.2 Å². The number of fused-ring (bicyclic) bond motifs is 2. The van der Waals surface area contributed by atoms with Gasteiger partial charge in [-0.2, -0.15) is 4.98 Å². The first-order valence-corrected chi connectivity index (χ1v) is 14.8. The summed E-state index contributed by atoms with van der Waals surface area (Å²) in [6.45, 7) is 12.4. The highest BCUT2D eigenvalue weighted by molar-refractivity contribution is 6.36. The number of carbonyl (C=O) groups excluding carboxylic acids is 1. The Morgan fingerprint density at radius 3 is 2.73 bits per heavy atom. The van der Waals surface area contributed by atoms with E-state index in [1.54, 1.807) is 17.2 Å². The lowest BCUT2D eigenvalue weighted by Gasteiger charge is -2.47. The van der Waals surface area contributed by atoms with Crippen molar-refractivity contribution < 1.29 is 19.0 Å². The van der Waals surface area contributed by atoms with Gasteiger partial charge in [-0.25, -0.2) is 18.7 Å². The smallest absolute Gasteiger partial charge is 0.355 e. The van der Waals surface area contributed by atoms with Crippen molar-refractivity contribution in [2.24, 2.45) is 0 Å². The fraction of sp³-hybridized carbons (Fsp3) is 0.344. The zero-order valence-corrected chi connectivity index (χ0v) is 25.6. The quantitative estimate of drug-likeness (QED) is 0.313. The highest BCUT2D eigenvalue weighted by Crippen LogP contribution is 2.47. The summed E-state index contributed by atoms with van der Waals surface area (Å²) in [7, 11) is 0. The maximum atomic E-state index is 15.3. The second-order valence-electron chi connectivity index (χ2n) is 11.5. The molecule has 5 heterocycles. The third-order valence-electron chi connectivity index (χ3n) is 8.27. The normalized spacial score (nSPS) is 18.1. The lowest BCUT2D eigenvalue weighted by Crippen LogP contribution is -2.60. The fourth-order valence-electron chi connectivity index (χ4n) is 6.30. The van der Waals surface area contributed by atoms with Crippen molar-refractivity contribution in [3.05, 3.63) is 75.7 Å². The first-order chi connectivity index (χ1) is 21.0. The summed E-state index contributed by atoms with van der Waals surface area (Å²) in [5, 5.41) is 11.1. The average molecular weight is 619 g/mol. The minimum Gasteiger partial charge on any atom is -0.507 e. The number of ether oxygens (including phenoxy) is 1. The lowest BCUT2D eigenvalue weighted by atomic mass is 10.0. The Balaban J connectivity index is 1.74. The van der Waals surface area contributed by atoms with Crippen molar-refractivity contribution in [1.82, 2.24) is 24.4 Å². The summed E-state index contributed by atoms with van der Waals surface area (Å²) >= 11 is 6.97. The lowest BCUT2D eigenvalue weighted by molar-refractivity contribution is -0.127. The largest absolute Gasteiger partial charge is 0.507 e. The van der Waals surface area contributed by atoms with E-state index in [9.17, 15) is 14.7 Å². The minimum absolute atomic E-state index is 0.0234. The molecule has 1 aromatic carbocycles. The molecule has 1 fully saturated rings. The number of piperazine rings is 1. The molecule has 1 N–H and O–H groups in total. The first-order valence-electron chi connectivity index (χ1n) is 14.5. The van der Waals surface area contributed by atoms with E-state index >= 15 is 4.39 Å². The van der Waals surface area contributed by atoms with Gasteiger partial charge >= 0.3 is 5.69 Å². The van der Waals surface area contributed by atoms with Crippen LogP contribution in [0.25, 0.3) is 28.0 Å². The van der Waals surface area contributed by atoms with Crippen molar-refractivity contribution >= 4 is 34.4 Å². The number of halogens is 2. The van der Waals surface area contributed by atoms with Crippen LogP contribution < -0.4 is 15.3 Å². The van der Waals surface area contributed by atoms with E-state index in [0.717, 1.165) is 5.56 Å². The van der Waals surface area contributed by atoms with Crippen molar-refractivity contribution in [3.63, 3.8) is 0 Å². The van der Waals surface area contributed by atoms with E-state index in [1.165, 1.54) is 28.8 Å². The molecule has 0 spiro atoms. The zero-order chi connectivity index (χ0) is 31.4. The fourth-order valence-corrected chi connectivity index (χ4v) is 6.59. The predicted octanol–water partition coefficient (Wildman–Crippen LogP) is 5.15. The molecule has 228 valence electrons. The van der Waals surface area contributed by atoms with E-state index in [2.05, 4.69) is 16.5 Å². The number of amides is 1. The van der Waals surface area contributed by atoms with E-state index in [-0.39, 0.29) is 63.9 Å². The summed E-state index contributed by atoms with van der Waals surface area (Å²) in [5.74, 6) is -0.864. The molecule has 10 nitrogen and oxygen atoms in total. The number of hydrogen-bond acceptors (Lipinski definition) is 8. The van der Waals surface area contributed by atoms with Gasteiger partial charge in [0, 0.05) is 31.7 Å². The van der Waals surface area contributed by atoms with Gasteiger partial charge in [0.25, 0.3) is 0 Å². The van der Waals surface area contributed by atoms with Crippen LogP contribution in [0.5, 0.6) is 11.5 Å². The molecular formula is C32H32ClFN6O4. The number of rotatable bonds is 4. The second-order valence-corrected chi connectivity index (χ2v) is 11.9. The van der Waals surface area contributed by atoms with Crippen LogP contribution in [0, 0.1) is 12.7 Å². The number of aryl methyl sites for hydroxylation is 1. The number of nitrogens with zero attached hydrogens (tertiary/aromatic N) is 6. The Morgan fingerprint density at radius 1 is 1.25 bits per heavy atom.